The fourth-order valence-electron chi connectivity index (χ4n) is 1.85. The second-order valence-corrected chi connectivity index (χ2v) is 5.13. The van der Waals surface area contributed by atoms with Crippen molar-refractivity contribution in [3.8, 4) is 0 Å². The van der Waals surface area contributed by atoms with Crippen LogP contribution in [0.1, 0.15) is 29.5 Å². The highest BCUT2D eigenvalue weighted by Gasteiger charge is 2.09. The van der Waals surface area contributed by atoms with Crippen LogP contribution in [-0.2, 0) is 0 Å². The van der Waals surface area contributed by atoms with Crippen LogP contribution in [0.4, 0.5) is 0 Å². The molecule has 17 heavy (non-hydrogen) atoms. The van der Waals surface area contributed by atoms with E-state index in [1.807, 2.05) is 31.2 Å². The highest BCUT2D eigenvalue weighted by molar-refractivity contribution is 6.31. The predicted octanol–water partition coefficient (Wildman–Crippen LogP) is 5.45. The van der Waals surface area contributed by atoms with E-state index in [0.29, 0.717) is 5.92 Å². The smallest absolute Gasteiger partial charge is 0.0438 e. The van der Waals surface area contributed by atoms with Gasteiger partial charge in [-0.2, -0.15) is 0 Å². The van der Waals surface area contributed by atoms with Crippen LogP contribution in [0, 0.1) is 6.92 Å². The normalized spacial score (nSPS) is 12.5. The molecule has 0 radical (unpaired) electrons. The first kappa shape index (κ1) is 12.5. The Balaban J connectivity index is 2.36. The van der Waals surface area contributed by atoms with E-state index in [-0.39, 0.29) is 0 Å². The average molecular weight is 265 g/mol. The molecule has 0 saturated carbocycles. The van der Waals surface area contributed by atoms with Crippen molar-refractivity contribution in [1.82, 2.24) is 0 Å². The third kappa shape index (κ3) is 2.83. The summed E-state index contributed by atoms with van der Waals surface area (Å²) < 4.78 is 0. The average Bonchev–Trinajstić information content (AvgIpc) is 2.32. The second-order valence-electron chi connectivity index (χ2n) is 4.29. The van der Waals surface area contributed by atoms with Crippen molar-refractivity contribution in [3.05, 3.63) is 69.2 Å². The van der Waals surface area contributed by atoms with Gasteiger partial charge >= 0.3 is 0 Å². The van der Waals surface area contributed by atoms with Crippen molar-refractivity contribution in [3.63, 3.8) is 0 Å². The Bertz CT molecular complexity index is 532. The van der Waals surface area contributed by atoms with Gasteiger partial charge in [0, 0.05) is 16.0 Å². The Labute approximate surface area is 112 Å². The first-order valence-electron chi connectivity index (χ1n) is 5.59. The zero-order chi connectivity index (χ0) is 12.4. The van der Waals surface area contributed by atoms with Gasteiger partial charge < -0.3 is 0 Å². The molecule has 2 heteroatoms. The SMILES string of the molecule is Cc1ccc(C(C)c2cccc(Cl)c2)cc1Cl. The van der Waals surface area contributed by atoms with Crippen LogP contribution in [0.5, 0.6) is 0 Å². The van der Waals surface area contributed by atoms with Gasteiger partial charge in [0.1, 0.15) is 0 Å². The molecular formula is C15H14Cl2. The predicted molar refractivity (Wildman–Crippen MR) is 75.2 cm³/mol. The molecule has 0 bridgehead atoms. The molecule has 2 aromatic carbocycles. The summed E-state index contributed by atoms with van der Waals surface area (Å²) in [6, 6.07) is 14.2. The highest BCUT2D eigenvalue weighted by Crippen LogP contribution is 2.28. The van der Waals surface area contributed by atoms with Crippen LogP contribution in [0.2, 0.25) is 10.0 Å². The Morgan fingerprint density at radius 1 is 0.941 bits per heavy atom. The Morgan fingerprint density at radius 3 is 2.29 bits per heavy atom. The van der Waals surface area contributed by atoms with E-state index in [1.165, 1.54) is 11.1 Å². The van der Waals surface area contributed by atoms with Gasteiger partial charge in [0.15, 0.2) is 0 Å². The molecular weight excluding hydrogens is 251 g/mol. The van der Waals surface area contributed by atoms with Crippen molar-refractivity contribution in [2.24, 2.45) is 0 Å². The van der Waals surface area contributed by atoms with E-state index in [2.05, 4.69) is 25.1 Å². The summed E-state index contributed by atoms with van der Waals surface area (Å²) in [5.41, 5.74) is 3.52. The lowest BCUT2D eigenvalue weighted by molar-refractivity contribution is 0.921. The van der Waals surface area contributed by atoms with Crippen molar-refractivity contribution in [2.45, 2.75) is 19.8 Å². The van der Waals surface area contributed by atoms with E-state index in [0.717, 1.165) is 15.6 Å². The maximum atomic E-state index is 6.15. The van der Waals surface area contributed by atoms with Crippen LogP contribution in [0.15, 0.2) is 42.5 Å². The standard InChI is InChI=1S/C15H14Cl2/c1-10-6-7-13(9-15(10)17)11(2)12-4-3-5-14(16)8-12/h3-9,11H,1-2H3. The van der Waals surface area contributed by atoms with E-state index < -0.39 is 0 Å². The Hall–Kier alpha value is -0.980. The topological polar surface area (TPSA) is 0 Å². The Kier molecular flexibility index (Phi) is 3.76. The molecule has 0 aliphatic rings. The van der Waals surface area contributed by atoms with Gasteiger partial charge in [-0.3, -0.25) is 0 Å². The molecule has 1 atom stereocenters. The molecule has 0 spiro atoms. The second kappa shape index (κ2) is 5.12. The van der Waals surface area contributed by atoms with Crippen LogP contribution < -0.4 is 0 Å². The lowest BCUT2D eigenvalue weighted by Crippen LogP contribution is -1.96. The van der Waals surface area contributed by atoms with E-state index in [4.69, 9.17) is 23.2 Å². The minimum atomic E-state index is 0.298. The largest absolute Gasteiger partial charge is 0.0843 e. The summed E-state index contributed by atoms with van der Waals surface area (Å²) in [6.07, 6.45) is 0. The number of halogens is 2. The van der Waals surface area contributed by atoms with Crippen molar-refractivity contribution < 1.29 is 0 Å². The van der Waals surface area contributed by atoms with Gasteiger partial charge in [-0.15, -0.1) is 0 Å². The summed E-state index contributed by atoms with van der Waals surface area (Å²) in [5.74, 6) is 0.298. The number of benzene rings is 2. The van der Waals surface area contributed by atoms with Gasteiger partial charge in [-0.05, 0) is 41.8 Å². The van der Waals surface area contributed by atoms with E-state index in [1.54, 1.807) is 0 Å². The minimum absolute atomic E-state index is 0.298. The van der Waals surface area contributed by atoms with Crippen LogP contribution in [0.3, 0.4) is 0 Å². The molecule has 1 unspecified atom stereocenters. The lowest BCUT2D eigenvalue weighted by Gasteiger charge is -2.13. The summed E-state index contributed by atoms with van der Waals surface area (Å²) in [4.78, 5) is 0. The van der Waals surface area contributed by atoms with Crippen molar-refractivity contribution >= 4 is 23.2 Å². The molecule has 2 rings (SSSR count). The molecule has 0 saturated heterocycles. The van der Waals surface area contributed by atoms with Crippen LogP contribution in [-0.4, -0.2) is 0 Å². The van der Waals surface area contributed by atoms with Crippen LogP contribution in [0.25, 0.3) is 0 Å². The zero-order valence-electron chi connectivity index (χ0n) is 9.87. The summed E-state index contributed by atoms with van der Waals surface area (Å²) >= 11 is 12.2. The third-order valence-electron chi connectivity index (χ3n) is 3.04. The molecule has 0 aromatic heterocycles. The first-order valence-corrected chi connectivity index (χ1v) is 6.35. The number of hydrogen-bond acceptors (Lipinski definition) is 0. The molecule has 0 aliphatic carbocycles. The van der Waals surface area contributed by atoms with Gasteiger partial charge in [-0.1, -0.05) is 54.4 Å². The molecule has 0 aliphatic heterocycles. The summed E-state index contributed by atoms with van der Waals surface area (Å²) in [7, 11) is 0. The molecule has 0 fully saturated rings. The van der Waals surface area contributed by atoms with Gasteiger partial charge in [0.05, 0.1) is 0 Å². The van der Waals surface area contributed by atoms with Crippen molar-refractivity contribution in [2.75, 3.05) is 0 Å². The van der Waals surface area contributed by atoms with Gasteiger partial charge in [-0.25, -0.2) is 0 Å². The molecule has 2 aromatic rings. The monoisotopic (exact) mass is 264 g/mol. The fraction of sp³-hybridized carbons (Fsp3) is 0.200. The third-order valence-corrected chi connectivity index (χ3v) is 3.69. The Morgan fingerprint density at radius 2 is 1.65 bits per heavy atom. The summed E-state index contributed by atoms with van der Waals surface area (Å²) in [5, 5.41) is 1.59. The minimum Gasteiger partial charge on any atom is -0.0843 e. The summed E-state index contributed by atoms with van der Waals surface area (Å²) in [6.45, 7) is 4.17. The molecule has 88 valence electrons. The maximum absolute atomic E-state index is 6.15. The number of aryl methyl sites for hydroxylation is 1. The van der Waals surface area contributed by atoms with Crippen molar-refractivity contribution in [1.29, 1.82) is 0 Å². The highest BCUT2D eigenvalue weighted by atomic mass is 35.5. The molecule has 0 nitrogen and oxygen atoms in total. The van der Waals surface area contributed by atoms with Gasteiger partial charge in [0.25, 0.3) is 0 Å². The number of hydrogen-bond donors (Lipinski definition) is 0. The lowest BCUT2D eigenvalue weighted by atomic mass is 9.93. The van der Waals surface area contributed by atoms with E-state index >= 15 is 0 Å². The van der Waals surface area contributed by atoms with E-state index in [9.17, 15) is 0 Å². The zero-order valence-corrected chi connectivity index (χ0v) is 11.4. The molecule has 0 amide bonds. The maximum Gasteiger partial charge on any atom is 0.0438 e. The van der Waals surface area contributed by atoms with Gasteiger partial charge in [0.2, 0.25) is 0 Å². The fourth-order valence-corrected chi connectivity index (χ4v) is 2.23. The quantitative estimate of drug-likeness (QED) is 0.676. The first-order chi connectivity index (χ1) is 8.08. The number of rotatable bonds is 2. The molecule has 0 heterocycles. The van der Waals surface area contributed by atoms with Crippen LogP contribution >= 0.6 is 23.2 Å². The molecule has 0 N–H and O–H groups in total.